The lowest BCUT2D eigenvalue weighted by Gasteiger charge is -2.32. The van der Waals surface area contributed by atoms with Crippen LogP contribution in [0.5, 0.6) is 5.75 Å². The zero-order chi connectivity index (χ0) is 15.9. The lowest BCUT2D eigenvalue weighted by molar-refractivity contribution is -0.161. The highest BCUT2D eigenvalue weighted by Crippen LogP contribution is 2.32. The summed E-state index contributed by atoms with van der Waals surface area (Å²) in [7, 11) is 0. The summed E-state index contributed by atoms with van der Waals surface area (Å²) in [6.07, 6.45) is -0.987. The Morgan fingerprint density at radius 1 is 1.23 bits per heavy atom. The van der Waals surface area contributed by atoms with Gasteiger partial charge in [0.15, 0.2) is 12.2 Å². The van der Waals surface area contributed by atoms with Gasteiger partial charge in [-0.2, -0.15) is 0 Å². The molecule has 0 spiro atoms. The van der Waals surface area contributed by atoms with Crippen LogP contribution in [0.4, 0.5) is 0 Å². The molecule has 0 bridgehead atoms. The number of amides is 1. The Labute approximate surface area is 128 Å². The third-order valence-corrected chi connectivity index (χ3v) is 4.28. The second-order valence-corrected chi connectivity index (χ2v) is 5.84. The maximum Gasteiger partial charge on any atom is 0.334 e. The van der Waals surface area contributed by atoms with Crippen molar-refractivity contribution < 1.29 is 24.2 Å². The molecule has 118 valence electrons. The maximum absolute atomic E-state index is 12.6. The van der Waals surface area contributed by atoms with Crippen LogP contribution in [0, 0.1) is 13.8 Å². The van der Waals surface area contributed by atoms with Gasteiger partial charge in [0.25, 0.3) is 5.91 Å². The first kappa shape index (κ1) is 14.8. The molecule has 1 aromatic rings. The zero-order valence-corrected chi connectivity index (χ0v) is 12.7. The summed E-state index contributed by atoms with van der Waals surface area (Å²) >= 11 is 0. The molecule has 1 amide bonds. The topological polar surface area (TPSA) is 76.1 Å². The van der Waals surface area contributed by atoms with Gasteiger partial charge < -0.3 is 19.5 Å². The van der Waals surface area contributed by atoms with Crippen molar-refractivity contribution in [3.05, 3.63) is 28.8 Å². The van der Waals surface area contributed by atoms with Gasteiger partial charge in [-0.1, -0.05) is 6.07 Å². The number of rotatable bonds is 2. The van der Waals surface area contributed by atoms with E-state index in [2.05, 4.69) is 6.07 Å². The van der Waals surface area contributed by atoms with Crippen molar-refractivity contribution in [1.29, 1.82) is 0 Å². The van der Waals surface area contributed by atoms with Crippen molar-refractivity contribution in [1.82, 2.24) is 4.90 Å². The van der Waals surface area contributed by atoms with Crippen LogP contribution in [0.15, 0.2) is 12.1 Å². The highest BCUT2D eigenvalue weighted by molar-refractivity contribution is 5.84. The van der Waals surface area contributed by atoms with Gasteiger partial charge in [-0.05, 0) is 36.6 Å². The van der Waals surface area contributed by atoms with E-state index in [0.717, 1.165) is 16.9 Å². The fourth-order valence-corrected chi connectivity index (χ4v) is 2.85. The second-order valence-electron chi connectivity index (χ2n) is 5.84. The van der Waals surface area contributed by atoms with Crippen molar-refractivity contribution >= 4 is 11.9 Å². The molecule has 2 aliphatic heterocycles. The molecule has 2 atom stereocenters. The van der Waals surface area contributed by atoms with Crippen molar-refractivity contribution in [2.75, 3.05) is 19.7 Å². The highest BCUT2D eigenvalue weighted by atomic mass is 16.5. The van der Waals surface area contributed by atoms with E-state index < -0.39 is 18.2 Å². The van der Waals surface area contributed by atoms with Crippen LogP contribution in [0.3, 0.4) is 0 Å². The first-order chi connectivity index (χ1) is 10.5. The Morgan fingerprint density at radius 2 is 1.95 bits per heavy atom. The summed E-state index contributed by atoms with van der Waals surface area (Å²) in [5.74, 6) is -0.454. The number of aliphatic carboxylic acids is 1. The molecular formula is C16H19NO5. The summed E-state index contributed by atoms with van der Waals surface area (Å²) in [4.78, 5) is 25.1. The van der Waals surface area contributed by atoms with Gasteiger partial charge in [0.2, 0.25) is 0 Å². The third-order valence-electron chi connectivity index (χ3n) is 4.28. The number of fused-ring (bicyclic) bond motifs is 1. The van der Waals surface area contributed by atoms with Gasteiger partial charge in [0, 0.05) is 13.0 Å². The predicted octanol–water partition coefficient (Wildman–Crippen LogP) is 0.919. The van der Waals surface area contributed by atoms with Crippen LogP contribution in [0.25, 0.3) is 0 Å². The van der Waals surface area contributed by atoms with Crippen LogP contribution >= 0.6 is 0 Å². The number of nitrogens with zero attached hydrogens (tertiary/aromatic N) is 1. The fraction of sp³-hybridized carbons (Fsp3) is 0.500. The maximum atomic E-state index is 12.6. The van der Waals surface area contributed by atoms with Crippen LogP contribution < -0.4 is 4.74 Å². The first-order valence-electron chi connectivity index (χ1n) is 7.35. The second kappa shape index (κ2) is 5.61. The van der Waals surface area contributed by atoms with Crippen molar-refractivity contribution in [3.8, 4) is 5.75 Å². The van der Waals surface area contributed by atoms with Crippen LogP contribution in [-0.4, -0.2) is 53.8 Å². The lowest BCUT2D eigenvalue weighted by atomic mass is 10.0. The van der Waals surface area contributed by atoms with E-state index in [1.54, 1.807) is 0 Å². The average Bonchev–Trinajstić information content (AvgIpc) is 2.89. The molecule has 0 radical (unpaired) electrons. The van der Waals surface area contributed by atoms with Crippen LogP contribution in [-0.2, 0) is 20.7 Å². The van der Waals surface area contributed by atoms with E-state index in [0.29, 0.717) is 13.0 Å². The molecule has 0 aromatic heterocycles. The minimum atomic E-state index is -1.04. The molecule has 0 unspecified atom stereocenters. The van der Waals surface area contributed by atoms with Crippen LogP contribution in [0.1, 0.15) is 16.7 Å². The number of carboxylic acids is 1. The summed E-state index contributed by atoms with van der Waals surface area (Å²) in [6.45, 7) is 4.75. The number of hydrogen-bond acceptors (Lipinski definition) is 4. The molecule has 6 nitrogen and oxygen atoms in total. The number of ether oxygens (including phenoxy) is 2. The van der Waals surface area contributed by atoms with Gasteiger partial charge in [0.1, 0.15) is 5.75 Å². The summed E-state index contributed by atoms with van der Waals surface area (Å²) in [5.41, 5.74) is 3.33. The van der Waals surface area contributed by atoms with Crippen molar-refractivity contribution in [2.45, 2.75) is 32.5 Å². The Hall–Kier alpha value is -2.08. The van der Waals surface area contributed by atoms with E-state index in [9.17, 15) is 9.59 Å². The number of carboxylic acid groups (broad SMARTS) is 1. The average molecular weight is 305 g/mol. The van der Waals surface area contributed by atoms with E-state index in [1.807, 2.05) is 19.9 Å². The summed E-state index contributed by atoms with van der Waals surface area (Å²) in [6, 6.07) is 4.01. The number of morpholine rings is 1. The minimum Gasteiger partial charge on any atom is -0.480 e. The molecule has 1 fully saturated rings. The molecule has 6 heteroatoms. The van der Waals surface area contributed by atoms with E-state index in [-0.39, 0.29) is 19.1 Å². The van der Waals surface area contributed by atoms with Crippen LogP contribution in [0.2, 0.25) is 0 Å². The molecule has 1 N–H and O–H groups in total. The standard InChI is InChI=1S/C16H19NO5/c1-9-5-11-7-13(22-12(11)6-10(9)2)15(18)17-3-4-21-14(8-17)16(19)20/h5-6,13-14H,3-4,7-8H2,1-2H3,(H,19,20)/t13-,14+/m1/s1. The molecule has 0 aliphatic carbocycles. The highest BCUT2D eigenvalue weighted by Gasteiger charge is 2.36. The number of carbonyl (C=O) groups excluding carboxylic acids is 1. The SMILES string of the molecule is Cc1cc2c(cc1C)O[C@@H](C(=O)N1CCO[C@H](C(=O)O)C1)C2. The van der Waals surface area contributed by atoms with E-state index in [4.69, 9.17) is 14.6 Å². The minimum absolute atomic E-state index is 0.0719. The van der Waals surface area contributed by atoms with Gasteiger partial charge in [-0.15, -0.1) is 0 Å². The quantitative estimate of drug-likeness (QED) is 0.879. The fourth-order valence-electron chi connectivity index (χ4n) is 2.85. The predicted molar refractivity (Wildman–Crippen MR) is 78.0 cm³/mol. The zero-order valence-electron chi connectivity index (χ0n) is 12.7. The molecule has 22 heavy (non-hydrogen) atoms. The number of benzene rings is 1. The molecule has 3 rings (SSSR count). The van der Waals surface area contributed by atoms with Crippen molar-refractivity contribution in [3.63, 3.8) is 0 Å². The molecule has 2 aliphatic rings. The van der Waals surface area contributed by atoms with Gasteiger partial charge in [0.05, 0.1) is 13.2 Å². The van der Waals surface area contributed by atoms with Gasteiger partial charge in [-0.25, -0.2) is 4.79 Å². The third kappa shape index (κ3) is 2.66. The lowest BCUT2D eigenvalue weighted by Crippen LogP contribution is -2.52. The Balaban J connectivity index is 1.71. The van der Waals surface area contributed by atoms with Crippen molar-refractivity contribution in [2.24, 2.45) is 0 Å². The molecular weight excluding hydrogens is 286 g/mol. The smallest absolute Gasteiger partial charge is 0.334 e. The van der Waals surface area contributed by atoms with E-state index >= 15 is 0 Å². The Morgan fingerprint density at radius 3 is 2.68 bits per heavy atom. The largest absolute Gasteiger partial charge is 0.480 e. The normalized spacial score (nSPS) is 23.8. The Bertz CT molecular complexity index is 596. The molecule has 1 saturated heterocycles. The van der Waals surface area contributed by atoms with Gasteiger partial charge in [-0.3, -0.25) is 4.79 Å². The molecule has 0 saturated carbocycles. The van der Waals surface area contributed by atoms with E-state index in [1.165, 1.54) is 10.5 Å². The number of hydrogen-bond donors (Lipinski definition) is 1. The summed E-state index contributed by atoms with van der Waals surface area (Å²) in [5, 5.41) is 9.01. The molecule has 1 aromatic carbocycles. The monoisotopic (exact) mass is 305 g/mol. The first-order valence-corrected chi connectivity index (χ1v) is 7.35. The van der Waals surface area contributed by atoms with Gasteiger partial charge >= 0.3 is 5.97 Å². The number of carbonyl (C=O) groups is 2. The molecule has 2 heterocycles. The number of aryl methyl sites for hydroxylation is 2. The summed E-state index contributed by atoms with van der Waals surface area (Å²) < 4.78 is 10.9. The Kier molecular flexibility index (Phi) is 3.78.